The van der Waals surface area contributed by atoms with Gasteiger partial charge in [0.25, 0.3) is 0 Å². The lowest BCUT2D eigenvalue weighted by molar-refractivity contribution is -0.115. The lowest BCUT2D eigenvalue weighted by Crippen LogP contribution is -2.13. The van der Waals surface area contributed by atoms with Crippen molar-refractivity contribution in [3.63, 3.8) is 0 Å². The Bertz CT molecular complexity index is 748. The summed E-state index contributed by atoms with van der Waals surface area (Å²) in [7, 11) is 1.62. The molecule has 3 aromatic rings. The summed E-state index contributed by atoms with van der Waals surface area (Å²) in [6.07, 6.45) is 1.91. The first kappa shape index (κ1) is 14.3. The van der Waals surface area contributed by atoms with Crippen molar-refractivity contribution in [1.29, 1.82) is 0 Å². The summed E-state index contributed by atoms with van der Waals surface area (Å²) in [6, 6.07) is 11.3. The number of carbonyl (C=O) groups excluding carboxylic acids is 1. The van der Waals surface area contributed by atoms with E-state index in [4.69, 9.17) is 9.26 Å². The third-order valence-corrected chi connectivity index (χ3v) is 4.02. The van der Waals surface area contributed by atoms with Crippen molar-refractivity contribution in [3.8, 4) is 16.9 Å². The number of hydrogen-bond donors (Lipinski definition) is 1. The summed E-state index contributed by atoms with van der Waals surface area (Å²) in [5, 5.41) is 8.48. The quantitative estimate of drug-likeness (QED) is 0.781. The lowest BCUT2D eigenvalue weighted by Gasteiger charge is -2.04. The maximum absolute atomic E-state index is 12.0. The molecule has 1 N–H and O–H groups in total. The minimum absolute atomic E-state index is 0.131. The van der Waals surface area contributed by atoms with Gasteiger partial charge in [0.1, 0.15) is 5.75 Å². The average Bonchev–Trinajstić information content (AvgIpc) is 3.19. The van der Waals surface area contributed by atoms with Crippen LogP contribution in [0.25, 0.3) is 11.1 Å². The number of rotatable bonds is 5. The first-order valence-electron chi connectivity index (χ1n) is 6.67. The van der Waals surface area contributed by atoms with E-state index < -0.39 is 0 Å². The fraction of sp³-hybridized carbons (Fsp3) is 0.125. The molecule has 0 unspecified atom stereocenters. The van der Waals surface area contributed by atoms with Crippen LogP contribution in [0.2, 0.25) is 0 Å². The van der Waals surface area contributed by atoms with Crippen LogP contribution in [0.5, 0.6) is 5.75 Å². The van der Waals surface area contributed by atoms with Crippen molar-refractivity contribution in [2.75, 3.05) is 12.4 Å². The van der Waals surface area contributed by atoms with E-state index in [9.17, 15) is 4.79 Å². The Kier molecular flexibility index (Phi) is 4.20. The van der Waals surface area contributed by atoms with Crippen molar-refractivity contribution in [2.45, 2.75) is 6.42 Å². The molecule has 0 bridgehead atoms. The van der Waals surface area contributed by atoms with Crippen molar-refractivity contribution < 1.29 is 14.1 Å². The van der Waals surface area contributed by atoms with Crippen molar-refractivity contribution >= 4 is 23.1 Å². The molecule has 0 saturated heterocycles. The molecular weight excluding hydrogens is 300 g/mol. The van der Waals surface area contributed by atoms with Gasteiger partial charge in [-0.25, -0.2) is 0 Å². The van der Waals surface area contributed by atoms with E-state index in [2.05, 4.69) is 10.5 Å². The van der Waals surface area contributed by atoms with Gasteiger partial charge < -0.3 is 9.26 Å². The minimum Gasteiger partial charge on any atom is -0.497 e. The summed E-state index contributed by atoms with van der Waals surface area (Å²) >= 11 is 1.55. The van der Waals surface area contributed by atoms with Crippen LogP contribution in [-0.4, -0.2) is 18.2 Å². The smallest absolute Gasteiger partial charge is 0.239 e. The van der Waals surface area contributed by atoms with Gasteiger partial charge in [0, 0.05) is 4.88 Å². The van der Waals surface area contributed by atoms with Crippen molar-refractivity contribution in [2.24, 2.45) is 0 Å². The Hall–Kier alpha value is -2.60. The highest BCUT2D eigenvalue weighted by Crippen LogP contribution is 2.29. The van der Waals surface area contributed by atoms with Crippen LogP contribution in [0.3, 0.4) is 0 Å². The van der Waals surface area contributed by atoms with E-state index in [1.165, 1.54) is 0 Å². The van der Waals surface area contributed by atoms with Crippen LogP contribution in [0.15, 0.2) is 52.5 Å². The molecule has 0 spiro atoms. The van der Waals surface area contributed by atoms with E-state index in [0.717, 1.165) is 21.8 Å². The van der Waals surface area contributed by atoms with Crippen molar-refractivity contribution in [1.82, 2.24) is 5.16 Å². The van der Waals surface area contributed by atoms with Gasteiger partial charge in [-0.1, -0.05) is 23.4 Å². The Morgan fingerprint density at radius 3 is 2.82 bits per heavy atom. The van der Waals surface area contributed by atoms with Gasteiger partial charge in [-0.2, -0.15) is 0 Å². The maximum atomic E-state index is 12.0. The topological polar surface area (TPSA) is 64.4 Å². The second-order valence-corrected chi connectivity index (χ2v) is 5.63. The third kappa shape index (κ3) is 3.17. The third-order valence-electron chi connectivity index (χ3n) is 3.14. The highest BCUT2D eigenvalue weighted by Gasteiger charge is 2.14. The summed E-state index contributed by atoms with van der Waals surface area (Å²) in [6.45, 7) is 0. The molecule has 0 radical (unpaired) electrons. The van der Waals surface area contributed by atoms with Gasteiger partial charge in [0.15, 0.2) is 0 Å². The fourth-order valence-corrected chi connectivity index (χ4v) is 2.75. The molecule has 2 aromatic heterocycles. The minimum atomic E-state index is -0.131. The predicted molar refractivity (Wildman–Crippen MR) is 85.1 cm³/mol. The first-order valence-corrected chi connectivity index (χ1v) is 7.55. The SMILES string of the molecule is COc1ccc(-c2cnoc2NC(=O)Cc2cccs2)cc1. The molecule has 0 atom stereocenters. The molecule has 2 heterocycles. The summed E-state index contributed by atoms with van der Waals surface area (Å²) in [5.74, 6) is 0.990. The van der Waals surface area contributed by atoms with Crippen LogP contribution in [0, 0.1) is 0 Å². The number of carbonyl (C=O) groups is 1. The molecule has 112 valence electrons. The van der Waals surface area contributed by atoms with Crippen LogP contribution < -0.4 is 10.1 Å². The van der Waals surface area contributed by atoms with E-state index >= 15 is 0 Å². The van der Waals surface area contributed by atoms with Crippen LogP contribution in [-0.2, 0) is 11.2 Å². The number of benzene rings is 1. The van der Waals surface area contributed by atoms with E-state index in [-0.39, 0.29) is 5.91 Å². The van der Waals surface area contributed by atoms with E-state index in [1.807, 2.05) is 41.8 Å². The molecule has 0 saturated carbocycles. The summed E-state index contributed by atoms with van der Waals surface area (Å²) in [5.41, 5.74) is 1.63. The molecule has 3 rings (SSSR count). The Morgan fingerprint density at radius 1 is 1.32 bits per heavy atom. The van der Waals surface area contributed by atoms with Gasteiger partial charge in [0.2, 0.25) is 11.8 Å². The number of hydrogen-bond acceptors (Lipinski definition) is 5. The number of anilines is 1. The van der Waals surface area contributed by atoms with Crippen LogP contribution in [0.4, 0.5) is 5.88 Å². The molecule has 0 aliphatic rings. The maximum Gasteiger partial charge on any atom is 0.239 e. The second kappa shape index (κ2) is 6.44. The van der Waals surface area contributed by atoms with Gasteiger partial charge in [0.05, 0.1) is 25.3 Å². The number of amides is 1. The molecule has 1 aromatic carbocycles. The zero-order valence-electron chi connectivity index (χ0n) is 11.9. The Labute approximate surface area is 131 Å². The van der Waals surface area contributed by atoms with E-state index in [1.54, 1.807) is 24.6 Å². The van der Waals surface area contributed by atoms with Gasteiger partial charge in [-0.15, -0.1) is 11.3 Å². The monoisotopic (exact) mass is 314 g/mol. The van der Waals surface area contributed by atoms with E-state index in [0.29, 0.717) is 12.3 Å². The number of methoxy groups -OCH3 is 1. The number of ether oxygens (including phenoxy) is 1. The zero-order chi connectivity index (χ0) is 15.4. The summed E-state index contributed by atoms with van der Waals surface area (Å²) in [4.78, 5) is 13.1. The van der Waals surface area contributed by atoms with Gasteiger partial charge >= 0.3 is 0 Å². The Morgan fingerprint density at radius 2 is 2.14 bits per heavy atom. The Balaban J connectivity index is 1.75. The van der Waals surface area contributed by atoms with Gasteiger partial charge in [-0.3, -0.25) is 10.1 Å². The van der Waals surface area contributed by atoms with Crippen molar-refractivity contribution in [3.05, 3.63) is 52.9 Å². The normalized spacial score (nSPS) is 10.4. The number of aromatic nitrogens is 1. The van der Waals surface area contributed by atoms with Crippen LogP contribution >= 0.6 is 11.3 Å². The zero-order valence-corrected chi connectivity index (χ0v) is 12.7. The summed E-state index contributed by atoms with van der Waals surface area (Å²) < 4.78 is 10.3. The fourth-order valence-electron chi connectivity index (χ4n) is 2.05. The predicted octanol–water partition coefficient (Wildman–Crippen LogP) is 3.59. The highest BCUT2D eigenvalue weighted by molar-refractivity contribution is 7.10. The standard InChI is InChI=1S/C16H14N2O3S/c1-20-12-6-4-11(5-7-12)14-10-17-21-16(14)18-15(19)9-13-3-2-8-22-13/h2-8,10H,9H2,1H3,(H,18,19). The lowest BCUT2D eigenvalue weighted by atomic mass is 10.1. The molecule has 5 nitrogen and oxygen atoms in total. The molecule has 0 aliphatic carbocycles. The molecule has 1 amide bonds. The number of nitrogens with one attached hydrogen (secondary N) is 1. The molecular formula is C16H14N2O3S. The largest absolute Gasteiger partial charge is 0.497 e. The molecule has 0 fully saturated rings. The van der Waals surface area contributed by atoms with Gasteiger partial charge in [-0.05, 0) is 29.1 Å². The number of thiophene rings is 1. The molecule has 22 heavy (non-hydrogen) atoms. The van der Waals surface area contributed by atoms with Crippen LogP contribution in [0.1, 0.15) is 4.88 Å². The molecule has 0 aliphatic heterocycles. The first-order chi connectivity index (χ1) is 10.8. The average molecular weight is 314 g/mol. The number of nitrogens with zero attached hydrogens (tertiary/aromatic N) is 1. The second-order valence-electron chi connectivity index (χ2n) is 4.60. The molecule has 6 heteroatoms. The highest BCUT2D eigenvalue weighted by atomic mass is 32.1.